The van der Waals surface area contributed by atoms with Crippen molar-refractivity contribution in [2.45, 2.75) is 52.5 Å². The molecular weight excluding hydrogens is 285 g/mol. The third-order valence-corrected chi connectivity index (χ3v) is 5.36. The summed E-state index contributed by atoms with van der Waals surface area (Å²) in [6, 6.07) is 5.05. The molecule has 1 aliphatic carbocycles. The largest absolute Gasteiger partial charge is 0.310 e. The second kappa shape index (κ2) is 7.60. The van der Waals surface area contributed by atoms with E-state index in [4.69, 9.17) is 11.6 Å². The molecule has 0 radical (unpaired) electrons. The van der Waals surface area contributed by atoms with Crippen LogP contribution in [0.25, 0.3) is 0 Å². The maximum absolute atomic E-state index is 14.3. The first-order valence-electron chi connectivity index (χ1n) is 8.21. The predicted octanol–water partition coefficient (Wildman–Crippen LogP) is 5.59. The van der Waals surface area contributed by atoms with E-state index >= 15 is 0 Å². The van der Waals surface area contributed by atoms with Crippen LogP contribution >= 0.6 is 11.6 Å². The molecule has 118 valence electrons. The number of rotatable bonds is 5. The van der Waals surface area contributed by atoms with E-state index in [1.807, 2.05) is 0 Å². The van der Waals surface area contributed by atoms with E-state index in [2.05, 4.69) is 26.1 Å². The van der Waals surface area contributed by atoms with Gasteiger partial charge in [0, 0.05) is 16.6 Å². The monoisotopic (exact) mass is 311 g/mol. The fourth-order valence-corrected chi connectivity index (χ4v) is 3.78. The van der Waals surface area contributed by atoms with Crippen LogP contribution in [0.2, 0.25) is 5.02 Å². The van der Waals surface area contributed by atoms with Gasteiger partial charge in [0.25, 0.3) is 0 Å². The average molecular weight is 312 g/mol. The Bertz CT molecular complexity index is 442. The molecular formula is C18H27ClFN. The second-order valence-electron chi connectivity index (χ2n) is 6.59. The van der Waals surface area contributed by atoms with Crippen molar-refractivity contribution in [2.75, 3.05) is 6.54 Å². The summed E-state index contributed by atoms with van der Waals surface area (Å²) < 4.78 is 14.3. The number of nitrogens with one attached hydrogen (secondary N) is 1. The minimum atomic E-state index is -0.178. The van der Waals surface area contributed by atoms with Crippen molar-refractivity contribution >= 4 is 11.6 Å². The number of halogens is 2. The Morgan fingerprint density at radius 3 is 2.67 bits per heavy atom. The van der Waals surface area contributed by atoms with E-state index in [0.717, 1.165) is 31.7 Å². The van der Waals surface area contributed by atoms with Crippen LogP contribution in [-0.4, -0.2) is 6.54 Å². The summed E-state index contributed by atoms with van der Waals surface area (Å²) in [5.74, 6) is 1.75. The van der Waals surface area contributed by atoms with Crippen molar-refractivity contribution < 1.29 is 4.39 Å². The van der Waals surface area contributed by atoms with Gasteiger partial charge in [-0.3, -0.25) is 0 Å². The molecule has 0 aromatic heterocycles. The topological polar surface area (TPSA) is 12.0 Å². The quantitative estimate of drug-likeness (QED) is 0.747. The maximum Gasteiger partial charge on any atom is 0.129 e. The van der Waals surface area contributed by atoms with Gasteiger partial charge in [0.15, 0.2) is 0 Å². The highest BCUT2D eigenvalue weighted by molar-refractivity contribution is 6.31. The fraction of sp³-hybridized carbons (Fsp3) is 0.667. The van der Waals surface area contributed by atoms with Gasteiger partial charge in [0.05, 0.1) is 0 Å². The first-order chi connectivity index (χ1) is 10.0. The molecule has 0 saturated heterocycles. The number of hydrogen-bond donors (Lipinski definition) is 1. The van der Waals surface area contributed by atoms with E-state index < -0.39 is 0 Å². The molecule has 0 bridgehead atoms. The number of benzene rings is 1. The van der Waals surface area contributed by atoms with Crippen LogP contribution in [-0.2, 0) is 0 Å². The van der Waals surface area contributed by atoms with Crippen LogP contribution in [0.15, 0.2) is 18.2 Å². The molecule has 0 amide bonds. The molecule has 21 heavy (non-hydrogen) atoms. The highest BCUT2D eigenvalue weighted by Gasteiger charge is 2.32. The fourth-order valence-electron chi connectivity index (χ4n) is 3.50. The minimum absolute atomic E-state index is 0.0357. The van der Waals surface area contributed by atoms with Gasteiger partial charge in [-0.2, -0.15) is 0 Å². The molecule has 1 aromatic rings. The predicted molar refractivity (Wildman–Crippen MR) is 88.1 cm³/mol. The Morgan fingerprint density at radius 1 is 1.29 bits per heavy atom. The zero-order valence-corrected chi connectivity index (χ0v) is 14.1. The third-order valence-electron chi connectivity index (χ3n) is 5.04. The standard InChI is InChI=1S/C18H27ClFN/c1-4-10-21-18(14-9-8-12(2)13(3)11-14)17-15(19)6-5-7-16(17)20/h5-7,12-14,18,21H,4,8-11H2,1-3H3. The van der Waals surface area contributed by atoms with Crippen LogP contribution in [0.1, 0.15) is 58.1 Å². The lowest BCUT2D eigenvalue weighted by molar-refractivity contribution is 0.169. The maximum atomic E-state index is 14.3. The average Bonchev–Trinajstić information content (AvgIpc) is 2.45. The molecule has 1 nitrogen and oxygen atoms in total. The molecule has 2 rings (SSSR count). The smallest absolute Gasteiger partial charge is 0.129 e. The van der Waals surface area contributed by atoms with Crippen LogP contribution in [0.4, 0.5) is 4.39 Å². The lowest BCUT2D eigenvalue weighted by Gasteiger charge is -2.37. The van der Waals surface area contributed by atoms with Crippen LogP contribution < -0.4 is 5.32 Å². The van der Waals surface area contributed by atoms with Crippen LogP contribution in [0, 0.1) is 23.6 Å². The summed E-state index contributed by atoms with van der Waals surface area (Å²) in [6.07, 6.45) is 4.56. The lowest BCUT2D eigenvalue weighted by Crippen LogP contribution is -2.34. The Labute approximate surface area is 133 Å². The van der Waals surface area contributed by atoms with Crippen LogP contribution in [0.5, 0.6) is 0 Å². The van der Waals surface area contributed by atoms with Gasteiger partial charge in [0.2, 0.25) is 0 Å². The molecule has 4 unspecified atom stereocenters. The molecule has 0 heterocycles. The first-order valence-corrected chi connectivity index (χ1v) is 8.59. The van der Waals surface area contributed by atoms with Crippen molar-refractivity contribution in [3.8, 4) is 0 Å². The summed E-state index contributed by atoms with van der Waals surface area (Å²) in [5.41, 5.74) is 0.666. The first kappa shape index (κ1) is 16.8. The molecule has 0 spiro atoms. The van der Waals surface area contributed by atoms with Gasteiger partial charge in [-0.25, -0.2) is 4.39 Å². The molecule has 0 aliphatic heterocycles. The Hall–Kier alpha value is -0.600. The molecule has 1 aromatic carbocycles. The van der Waals surface area contributed by atoms with E-state index in [0.29, 0.717) is 22.4 Å². The molecule has 1 aliphatic rings. The summed E-state index contributed by atoms with van der Waals surface area (Å²) in [5, 5.41) is 4.10. The van der Waals surface area contributed by atoms with Crippen molar-refractivity contribution in [3.05, 3.63) is 34.6 Å². The molecule has 1 saturated carbocycles. The lowest BCUT2D eigenvalue weighted by atomic mass is 9.72. The van der Waals surface area contributed by atoms with E-state index in [-0.39, 0.29) is 11.9 Å². The van der Waals surface area contributed by atoms with Gasteiger partial charge in [0.1, 0.15) is 5.82 Å². The SMILES string of the molecule is CCCNC(c1c(F)cccc1Cl)C1CCC(C)C(C)C1. The van der Waals surface area contributed by atoms with E-state index in [1.54, 1.807) is 12.1 Å². The highest BCUT2D eigenvalue weighted by Crippen LogP contribution is 2.42. The molecule has 1 N–H and O–H groups in total. The normalized spacial score (nSPS) is 27.6. The summed E-state index contributed by atoms with van der Waals surface area (Å²) in [7, 11) is 0. The van der Waals surface area contributed by atoms with Gasteiger partial charge >= 0.3 is 0 Å². The summed E-state index contributed by atoms with van der Waals surface area (Å²) in [6.45, 7) is 7.68. The van der Waals surface area contributed by atoms with Gasteiger partial charge in [-0.1, -0.05) is 44.9 Å². The molecule has 3 heteroatoms. The van der Waals surface area contributed by atoms with Gasteiger partial charge in [-0.15, -0.1) is 0 Å². The van der Waals surface area contributed by atoms with Gasteiger partial charge in [-0.05, 0) is 55.7 Å². The van der Waals surface area contributed by atoms with Crippen molar-refractivity contribution in [1.29, 1.82) is 0 Å². The Morgan fingerprint density at radius 2 is 2.05 bits per heavy atom. The zero-order valence-electron chi connectivity index (χ0n) is 13.3. The van der Waals surface area contributed by atoms with Crippen molar-refractivity contribution in [3.63, 3.8) is 0 Å². The highest BCUT2D eigenvalue weighted by atomic mass is 35.5. The zero-order chi connectivity index (χ0) is 15.4. The second-order valence-corrected chi connectivity index (χ2v) is 7.00. The minimum Gasteiger partial charge on any atom is -0.310 e. The van der Waals surface area contributed by atoms with Crippen molar-refractivity contribution in [2.24, 2.45) is 17.8 Å². The number of hydrogen-bond acceptors (Lipinski definition) is 1. The van der Waals surface area contributed by atoms with Crippen molar-refractivity contribution in [1.82, 2.24) is 5.32 Å². The third kappa shape index (κ3) is 3.98. The summed E-state index contributed by atoms with van der Waals surface area (Å²) in [4.78, 5) is 0. The van der Waals surface area contributed by atoms with Crippen LogP contribution in [0.3, 0.4) is 0 Å². The van der Waals surface area contributed by atoms with E-state index in [1.165, 1.54) is 12.5 Å². The van der Waals surface area contributed by atoms with Gasteiger partial charge < -0.3 is 5.32 Å². The molecule has 4 atom stereocenters. The van der Waals surface area contributed by atoms with E-state index in [9.17, 15) is 4.39 Å². The molecule has 1 fully saturated rings. The summed E-state index contributed by atoms with van der Waals surface area (Å²) >= 11 is 6.31. The Balaban J connectivity index is 2.26. The Kier molecular flexibility index (Phi) is 6.07.